The van der Waals surface area contributed by atoms with Gasteiger partial charge in [-0.2, -0.15) is 5.10 Å². The second kappa shape index (κ2) is 11.8. The Morgan fingerprint density at radius 2 is 1.89 bits per heavy atom. The van der Waals surface area contributed by atoms with Crippen LogP contribution in [0.25, 0.3) is 22.2 Å². The minimum absolute atomic E-state index is 0.207. The summed E-state index contributed by atoms with van der Waals surface area (Å²) in [4.78, 5) is 15.4. The summed E-state index contributed by atoms with van der Waals surface area (Å²) in [6.07, 6.45) is 2.20. The number of methoxy groups -OCH3 is 1. The monoisotopic (exact) mass is 516 g/mol. The first-order valence-electron chi connectivity index (χ1n) is 13.0. The van der Waals surface area contributed by atoms with Crippen LogP contribution in [0.15, 0.2) is 66.7 Å². The number of ether oxygens (including phenoxy) is 2. The van der Waals surface area contributed by atoms with E-state index in [2.05, 4.69) is 20.4 Å². The number of nitrogens with one attached hydrogen (secondary N) is 2. The summed E-state index contributed by atoms with van der Waals surface area (Å²) in [5.74, 6) is 0.228. The number of halogens is 1. The fourth-order valence-corrected chi connectivity index (χ4v) is 4.91. The molecule has 7 nitrogen and oxygen atoms in total. The molecule has 1 saturated heterocycles. The number of aromatic amines is 1. The Balaban J connectivity index is 1.26. The van der Waals surface area contributed by atoms with E-state index in [0.29, 0.717) is 11.1 Å². The van der Waals surface area contributed by atoms with Crippen LogP contribution in [0.2, 0.25) is 0 Å². The van der Waals surface area contributed by atoms with Crippen molar-refractivity contribution in [3.8, 4) is 17.0 Å². The van der Waals surface area contributed by atoms with Crippen LogP contribution in [0, 0.1) is 5.82 Å². The maximum absolute atomic E-state index is 14.1. The number of H-pyrrole nitrogens is 1. The molecule has 0 unspecified atom stereocenters. The summed E-state index contributed by atoms with van der Waals surface area (Å²) in [6.45, 7) is 5.52. The van der Waals surface area contributed by atoms with Crippen molar-refractivity contribution in [1.82, 2.24) is 20.4 Å². The third-order valence-corrected chi connectivity index (χ3v) is 7.12. The molecule has 1 fully saturated rings. The summed E-state index contributed by atoms with van der Waals surface area (Å²) in [6, 6.07) is 19.3. The van der Waals surface area contributed by atoms with Crippen LogP contribution in [0.1, 0.15) is 41.7 Å². The van der Waals surface area contributed by atoms with Crippen LogP contribution < -0.4 is 10.1 Å². The summed E-state index contributed by atoms with van der Waals surface area (Å²) >= 11 is 0. The van der Waals surface area contributed by atoms with Gasteiger partial charge in [0.25, 0.3) is 5.91 Å². The zero-order chi connectivity index (χ0) is 26.5. The Labute approximate surface area is 221 Å². The van der Waals surface area contributed by atoms with E-state index in [0.717, 1.165) is 67.0 Å². The number of nitrogens with zero attached hydrogens (tertiary/aromatic N) is 2. The van der Waals surface area contributed by atoms with Crippen molar-refractivity contribution in [3.05, 3.63) is 83.7 Å². The topological polar surface area (TPSA) is 79.5 Å². The summed E-state index contributed by atoms with van der Waals surface area (Å²) in [7, 11) is 1.73. The lowest BCUT2D eigenvalue weighted by Gasteiger charge is -2.31. The summed E-state index contributed by atoms with van der Waals surface area (Å²) in [5.41, 5.74) is 3.45. The number of carbonyl (C=O) groups is 1. The van der Waals surface area contributed by atoms with E-state index in [4.69, 9.17) is 9.47 Å². The smallest absolute Gasteiger partial charge is 0.251 e. The SMILES string of the molecule is COCCN1CCC(Oc2ccc(-c3n[nH]c4ccc(C(=O)N[C@H](C)c5ccccc5F)cc34)cc2)CC1. The summed E-state index contributed by atoms with van der Waals surface area (Å²) in [5, 5.41) is 11.3. The highest BCUT2D eigenvalue weighted by Crippen LogP contribution is 2.29. The molecule has 198 valence electrons. The molecule has 1 aliphatic heterocycles. The second-order valence-electron chi connectivity index (χ2n) is 9.73. The van der Waals surface area contributed by atoms with E-state index in [1.54, 1.807) is 38.3 Å². The van der Waals surface area contributed by atoms with Crippen molar-refractivity contribution in [1.29, 1.82) is 0 Å². The number of fused-ring (bicyclic) bond motifs is 1. The standard InChI is InChI=1S/C30H33FN4O3/c1-20(25-5-3-4-6-27(25)31)32-30(36)22-9-12-28-26(19-22)29(34-33-28)21-7-10-23(11-8-21)38-24-13-15-35(16-14-24)17-18-37-2/h3-12,19-20,24H,13-18H2,1-2H3,(H,32,36)(H,33,34)/t20-/m1/s1. The van der Waals surface area contributed by atoms with Gasteiger partial charge in [0, 0.05) is 48.8 Å². The molecule has 3 aromatic carbocycles. The average Bonchev–Trinajstić information content (AvgIpc) is 3.36. The maximum atomic E-state index is 14.1. The third-order valence-electron chi connectivity index (χ3n) is 7.12. The van der Waals surface area contributed by atoms with Crippen molar-refractivity contribution in [2.24, 2.45) is 0 Å². The third kappa shape index (κ3) is 5.87. The highest BCUT2D eigenvalue weighted by molar-refractivity contribution is 6.01. The van der Waals surface area contributed by atoms with Crippen molar-refractivity contribution in [2.75, 3.05) is 33.4 Å². The number of piperidine rings is 1. The van der Waals surface area contributed by atoms with Crippen LogP contribution in [0.4, 0.5) is 4.39 Å². The molecular weight excluding hydrogens is 483 g/mol. The molecule has 0 aliphatic carbocycles. The zero-order valence-corrected chi connectivity index (χ0v) is 21.7. The van der Waals surface area contributed by atoms with Gasteiger partial charge < -0.3 is 19.7 Å². The predicted molar refractivity (Wildman–Crippen MR) is 146 cm³/mol. The number of hydrogen-bond acceptors (Lipinski definition) is 5. The van der Waals surface area contributed by atoms with Crippen LogP contribution in [0.3, 0.4) is 0 Å². The number of carbonyl (C=O) groups excluding carboxylic acids is 1. The minimum atomic E-state index is -0.464. The van der Waals surface area contributed by atoms with E-state index < -0.39 is 6.04 Å². The van der Waals surface area contributed by atoms with Gasteiger partial charge in [-0.3, -0.25) is 9.89 Å². The average molecular weight is 517 g/mol. The van der Waals surface area contributed by atoms with Gasteiger partial charge in [0.2, 0.25) is 0 Å². The van der Waals surface area contributed by atoms with Crippen LogP contribution >= 0.6 is 0 Å². The molecule has 0 radical (unpaired) electrons. The van der Waals surface area contributed by atoms with Gasteiger partial charge in [0.1, 0.15) is 17.7 Å². The van der Waals surface area contributed by atoms with Gasteiger partial charge in [-0.05, 0) is 68.3 Å². The van der Waals surface area contributed by atoms with Gasteiger partial charge in [-0.25, -0.2) is 4.39 Å². The van der Waals surface area contributed by atoms with Crippen molar-refractivity contribution in [3.63, 3.8) is 0 Å². The van der Waals surface area contributed by atoms with Gasteiger partial charge in [0.15, 0.2) is 0 Å². The fourth-order valence-electron chi connectivity index (χ4n) is 4.91. The Morgan fingerprint density at radius 1 is 1.13 bits per heavy atom. The lowest BCUT2D eigenvalue weighted by Crippen LogP contribution is -2.39. The van der Waals surface area contributed by atoms with Gasteiger partial charge in [-0.15, -0.1) is 0 Å². The van der Waals surface area contributed by atoms with E-state index in [-0.39, 0.29) is 17.8 Å². The molecular formula is C30H33FN4O3. The van der Waals surface area contributed by atoms with E-state index in [1.807, 2.05) is 36.4 Å². The first-order chi connectivity index (χ1) is 18.5. The zero-order valence-electron chi connectivity index (χ0n) is 21.7. The van der Waals surface area contributed by atoms with Gasteiger partial charge in [0.05, 0.1) is 23.9 Å². The molecule has 8 heteroatoms. The van der Waals surface area contributed by atoms with E-state index in [9.17, 15) is 9.18 Å². The number of aromatic nitrogens is 2. The molecule has 1 atom stereocenters. The summed E-state index contributed by atoms with van der Waals surface area (Å²) < 4.78 is 25.5. The van der Waals surface area contributed by atoms with Crippen LogP contribution in [-0.4, -0.2) is 60.5 Å². The molecule has 0 bridgehead atoms. The van der Waals surface area contributed by atoms with Gasteiger partial charge in [-0.1, -0.05) is 18.2 Å². The highest BCUT2D eigenvalue weighted by Gasteiger charge is 2.21. The lowest BCUT2D eigenvalue weighted by atomic mass is 10.0. The number of benzene rings is 3. The number of likely N-dealkylation sites (tertiary alicyclic amines) is 1. The molecule has 5 rings (SSSR count). The van der Waals surface area contributed by atoms with E-state index in [1.165, 1.54) is 6.07 Å². The van der Waals surface area contributed by atoms with Crippen molar-refractivity contribution < 1.29 is 18.7 Å². The Kier molecular flexibility index (Phi) is 8.00. The number of amides is 1. The maximum Gasteiger partial charge on any atom is 0.251 e. The molecule has 2 N–H and O–H groups in total. The molecule has 2 heterocycles. The Morgan fingerprint density at radius 3 is 2.63 bits per heavy atom. The first kappa shape index (κ1) is 25.9. The molecule has 0 saturated carbocycles. The molecule has 4 aromatic rings. The van der Waals surface area contributed by atoms with E-state index >= 15 is 0 Å². The molecule has 38 heavy (non-hydrogen) atoms. The van der Waals surface area contributed by atoms with Crippen molar-refractivity contribution in [2.45, 2.75) is 31.9 Å². The Hall–Kier alpha value is -3.75. The molecule has 1 amide bonds. The number of hydrogen-bond donors (Lipinski definition) is 2. The van der Waals surface area contributed by atoms with Crippen LogP contribution in [-0.2, 0) is 4.74 Å². The molecule has 0 spiro atoms. The first-order valence-corrected chi connectivity index (χ1v) is 13.0. The second-order valence-corrected chi connectivity index (χ2v) is 9.73. The van der Waals surface area contributed by atoms with Crippen molar-refractivity contribution >= 4 is 16.8 Å². The normalized spacial score (nSPS) is 15.4. The number of rotatable bonds is 9. The minimum Gasteiger partial charge on any atom is -0.490 e. The fraction of sp³-hybridized carbons (Fsp3) is 0.333. The predicted octanol–water partition coefficient (Wildman–Crippen LogP) is 5.35. The largest absolute Gasteiger partial charge is 0.490 e. The highest BCUT2D eigenvalue weighted by atomic mass is 19.1. The van der Waals surface area contributed by atoms with Gasteiger partial charge >= 0.3 is 0 Å². The molecule has 1 aromatic heterocycles. The lowest BCUT2D eigenvalue weighted by molar-refractivity contribution is 0.0797. The molecule has 1 aliphatic rings. The van der Waals surface area contributed by atoms with Crippen LogP contribution in [0.5, 0.6) is 5.75 Å². The quantitative estimate of drug-likeness (QED) is 0.314. The Bertz CT molecular complexity index is 1380.